The van der Waals surface area contributed by atoms with Gasteiger partial charge in [-0.05, 0) is 44.0 Å². The molecule has 19 heavy (non-hydrogen) atoms. The SMILES string of the molecule is CCC1Nc2ccc(NC(=O)C3CCCN3)cc2N1. The van der Waals surface area contributed by atoms with Gasteiger partial charge in [0.15, 0.2) is 0 Å². The monoisotopic (exact) mass is 260 g/mol. The summed E-state index contributed by atoms with van der Waals surface area (Å²) >= 11 is 0. The molecule has 2 atom stereocenters. The Morgan fingerprint density at radius 1 is 1.37 bits per heavy atom. The third-order valence-electron chi connectivity index (χ3n) is 3.73. The van der Waals surface area contributed by atoms with Gasteiger partial charge in [0.1, 0.15) is 0 Å². The molecule has 0 radical (unpaired) electrons. The van der Waals surface area contributed by atoms with Crippen LogP contribution in [0.5, 0.6) is 0 Å². The predicted octanol–water partition coefficient (Wildman–Crippen LogP) is 1.95. The smallest absolute Gasteiger partial charge is 0.241 e. The minimum Gasteiger partial charge on any atom is -0.364 e. The number of nitrogens with one attached hydrogen (secondary N) is 4. The molecule has 2 aliphatic heterocycles. The van der Waals surface area contributed by atoms with E-state index in [2.05, 4.69) is 28.2 Å². The van der Waals surface area contributed by atoms with Crippen LogP contribution in [0.15, 0.2) is 18.2 Å². The van der Waals surface area contributed by atoms with Gasteiger partial charge in [-0.1, -0.05) is 6.92 Å². The Kier molecular flexibility index (Phi) is 3.29. The Labute approximate surface area is 113 Å². The molecule has 5 heteroatoms. The minimum absolute atomic E-state index is 0.0391. The maximum atomic E-state index is 12.0. The van der Waals surface area contributed by atoms with Crippen LogP contribution in [0.2, 0.25) is 0 Å². The molecule has 2 heterocycles. The van der Waals surface area contributed by atoms with Crippen LogP contribution in [-0.4, -0.2) is 24.7 Å². The first kappa shape index (κ1) is 12.3. The fourth-order valence-corrected chi connectivity index (χ4v) is 2.62. The van der Waals surface area contributed by atoms with Crippen molar-refractivity contribution in [3.8, 4) is 0 Å². The number of rotatable bonds is 3. The van der Waals surface area contributed by atoms with Crippen LogP contribution in [-0.2, 0) is 4.79 Å². The van der Waals surface area contributed by atoms with Gasteiger partial charge in [0.2, 0.25) is 5.91 Å². The molecular weight excluding hydrogens is 240 g/mol. The quantitative estimate of drug-likeness (QED) is 0.671. The third kappa shape index (κ3) is 2.51. The predicted molar refractivity (Wildman–Crippen MR) is 77.4 cm³/mol. The van der Waals surface area contributed by atoms with Crippen molar-refractivity contribution in [1.29, 1.82) is 0 Å². The van der Waals surface area contributed by atoms with E-state index in [0.29, 0.717) is 0 Å². The second-order valence-corrected chi connectivity index (χ2v) is 5.15. The number of carbonyl (C=O) groups excluding carboxylic acids is 1. The average Bonchev–Trinajstić information content (AvgIpc) is 3.07. The zero-order chi connectivity index (χ0) is 13.2. The Balaban J connectivity index is 1.68. The lowest BCUT2D eigenvalue weighted by molar-refractivity contribution is -0.117. The zero-order valence-electron chi connectivity index (χ0n) is 11.1. The summed E-state index contributed by atoms with van der Waals surface area (Å²) < 4.78 is 0. The van der Waals surface area contributed by atoms with Crippen molar-refractivity contribution < 1.29 is 4.79 Å². The van der Waals surface area contributed by atoms with Crippen molar-refractivity contribution >= 4 is 23.0 Å². The molecule has 0 aliphatic carbocycles. The Morgan fingerprint density at radius 3 is 2.95 bits per heavy atom. The number of hydrogen-bond donors (Lipinski definition) is 4. The molecule has 1 aromatic rings. The van der Waals surface area contributed by atoms with Crippen LogP contribution in [0.1, 0.15) is 26.2 Å². The standard InChI is InChI=1S/C14H20N4O/c1-2-13-17-10-6-5-9(8-12(10)18-13)16-14(19)11-4-3-7-15-11/h5-6,8,11,13,15,17-18H,2-4,7H2,1H3,(H,16,19). The molecule has 0 spiro atoms. The summed E-state index contributed by atoms with van der Waals surface area (Å²) in [5.41, 5.74) is 3.01. The molecule has 0 aromatic heterocycles. The van der Waals surface area contributed by atoms with Crippen LogP contribution in [0.25, 0.3) is 0 Å². The summed E-state index contributed by atoms with van der Waals surface area (Å²) in [5, 5.41) is 13.0. The summed E-state index contributed by atoms with van der Waals surface area (Å²) in [4.78, 5) is 12.0. The molecule has 1 aromatic carbocycles. The molecule has 0 saturated carbocycles. The van der Waals surface area contributed by atoms with E-state index in [1.54, 1.807) is 0 Å². The lowest BCUT2D eigenvalue weighted by Gasteiger charge is -2.11. The molecule has 102 valence electrons. The summed E-state index contributed by atoms with van der Waals surface area (Å²) in [5.74, 6) is 0.0652. The Hall–Kier alpha value is -1.75. The van der Waals surface area contributed by atoms with Crippen molar-refractivity contribution in [3.63, 3.8) is 0 Å². The molecule has 1 saturated heterocycles. The Morgan fingerprint density at radius 2 is 2.21 bits per heavy atom. The van der Waals surface area contributed by atoms with Crippen LogP contribution in [0.3, 0.4) is 0 Å². The summed E-state index contributed by atoms with van der Waals surface area (Å²) in [7, 11) is 0. The van der Waals surface area contributed by atoms with E-state index in [4.69, 9.17) is 0 Å². The molecule has 0 bridgehead atoms. The number of fused-ring (bicyclic) bond motifs is 1. The summed E-state index contributed by atoms with van der Waals surface area (Å²) in [6.07, 6.45) is 3.31. The highest BCUT2D eigenvalue weighted by Gasteiger charge is 2.23. The first-order valence-corrected chi connectivity index (χ1v) is 6.97. The topological polar surface area (TPSA) is 65.2 Å². The van der Waals surface area contributed by atoms with Gasteiger partial charge >= 0.3 is 0 Å². The van der Waals surface area contributed by atoms with E-state index in [1.807, 2.05) is 18.2 Å². The number of hydrogen-bond acceptors (Lipinski definition) is 4. The number of benzene rings is 1. The summed E-state index contributed by atoms with van der Waals surface area (Å²) in [6.45, 7) is 3.07. The average molecular weight is 260 g/mol. The summed E-state index contributed by atoms with van der Waals surface area (Å²) in [6, 6.07) is 5.90. The molecule has 1 fully saturated rings. The van der Waals surface area contributed by atoms with Crippen LogP contribution < -0.4 is 21.3 Å². The van der Waals surface area contributed by atoms with E-state index in [0.717, 1.165) is 42.9 Å². The molecule has 2 unspecified atom stereocenters. The lowest BCUT2D eigenvalue weighted by Crippen LogP contribution is -2.35. The maximum Gasteiger partial charge on any atom is 0.241 e. The first-order valence-electron chi connectivity index (χ1n) is 6.97. The van der Waals surface area contributed by atoms with E-state index in [-0.39, 0.29) is 18.1 Å². The fourth-order valence-electron chi connectivity index (χ4n) is 2.62. The number of anilines is 3. The van der Waals surface area contributed by atoms with Crippen LogP contribution in [0, 0.1) is 0 Å². The highest BCUT2D eigenvalue weighted by molar-refractivity contribution is 5.96. The van der Waals surface area contributed by atoms with E-state index >= 15 is 0 Å². The van der Waals surface area contributed by atoms with Gasteiger partial charge in [-0.3, -0.25) is 4.79 Å². The van der Waals surface area contributed by atoms with Crippen molar-refractivity contribution in [3.05, 3.63) is 18.2 Å². The van der Waals surface area contributed by atoms with Gasteiger partial charge in [-0.15, -0.1) is 0 Å². The van der Waals surface area contributed by atoms with Gasteiger partial charge in [-0.25, -0.2) is 0 Å². The van der Waals surface area contributed by atoms with Gasteiger partial charge < -0.3 is 21.3 Å². The zero-order valence-corrected chi connectivity index (χ0v) is 11.1. The minimum atomic E-state index is -0.0391. The molecule has 2 aliphatic rings. The van der Waals surface area contributed by atoms with E-state index < -0.39 is 0 Å². The Bertz CT molecular complexity index is 482. The lowest BCUT2D eigenvalue weighted by atomic mass is 10.2. The van der Waals surface area contributed by atoms with Gasteiger partial charge in [0, 0.05) is 5.69 Å². The highest BCUT2D eigenvalue weighted by Crippen LogP contribution is 2.32. The normalized spacial score (nSPS) is 24.5. The van der Waals surface area contributed by atoms with Crippen LogP contribution in [0.4, 0.5) is 17.1 Å². The van der Waals surface area contributed by atoms with Crippen molar-refractivity contribution in [2.75, 3.05) is 22.5 Å². The maximum absolute atomic E-state index is 12.0. The van der Waals surface area contributed by atoms with Crippen molar-refractivity contribution in [1.82, 2.24) is 5.32 Å². The van der Waals surface area contributed by atoms with Crippen molar-refractivity contribution in [2.45, 2.75) is 38.4 Å². The van der Waals surface area contributed by atoms with Crippen molar-refractivity contribution in [2.24, 2.45) is 0 Å². The van der Waals surface area contributed by atoms with Gasteiger partial charge in [-0.2, -0.15) is 0 Å². The molecule has 1 amide bonds. The van der Waals surface area contributed by atoms with Gasteiger partial charge in [0.25, 0.3) is 0 Å². The third-order valence-corrected chi connectivity index (χ3v) is 3.73. The fraction of sp³-hybridized carbons (Fsp3) is 0.500. The highest BCUT2D eigenvalue weighted by atomic mass is 16.2. The van der Waals surface area contributed by atoms with E-state index in [1.165, 1.54) is 0 Å². The molecule has 5 nitrogen and oxygen atoms in total. The molecular formula is C14H20N4O. The van der Waals surface area contributed by atoms with Crippen LogP contribution >= 0.6 is 0 Å². The first-order chi connectivity index (χ1) is 9.26. The largest absolute Gasteiger partial charge is 0.364 e. The second kappa shape index (κ2) is 5.09. The number of amides is 1. The molecule has 3 rings (SSSR count). The van der Waals surface area contributed by atoms with Gasteiger partial charge in [0.05, 0.1) is 23.6 Å². The second-order valence-electron chi connectivity index (χ2n) is 5.15. The van der Waals surface area contributed by atoms with E-state index in [9.17, 15) is 4.79 Å². The number of carbonyl (C=O) groups is 1. The molecule has 4 N–H and O–H groups in total.